The maximum absolute atomic E-state index is 11.4. The summed E-state index contributed by atoms with van der Waals surface area (Å²) in [6.07, 6.45) is 0. The molecule has 0 aliphatic rings. The van der Waals surface area contributed by atoms with Crippen molar-refractivity contribution in [3.05, 3.63) is 0 Å². The van der Waals surface area contributed by atoms with Gasteiger partial charge >= 0.3 is 6.03 Å². The Bertz CT molecular complexity index is 185. The summed E-state index contributed by atoms with van der Waals surface area (Å²) in [6.45, 7) is 8.43. The van der Waals surface area contributed by atoms with Crippen molar-refractivity contribution >= 4 is 6.03 Å². The van der Waals surface area contributed by atoms with Crippen LogP contribution in [0.1, 0.15) is 27.7 Å². The second kappa shape index (κ2) is 5.20. The van der Waals surface area contributed by atoms with Crippen LogP contribution in [0.15, 0.2) is 0 Å². The van der Waals surface area contributed by atoms with Gasteiger partial charge in [-0.3, -0.25) is 0 Å². The van der Waals surface area contributed by atoms with Crippen LogP contribution in [0.25, 0.3) is 0 Å². The molecule has 14 heavy (non-hydrogen) atoms. The molecule has 0 fully saturated rings. The van der Waals surface area contributed by atoms with Gasteiger partial charge in [-0.05, 0) is 19.8 Å². The summed E-state index contributed by atoms with van der Waals surface area (Å²) in [7, 11) is 1.67. The molecule has 4 nitrogen and oxygen atoms in total. The lowest BCUT2D eigenvalue weighted by Crippen LogP contribution is -2.45. The highest BCUT2D eigenvalue weighted by molar-refractivity contribution is 5.73. The fourth-order valence-corrected chi connectivity index (χ4v) is 1.08. The van der Waals surface area contributed by atoms with Crippen LogP contribution in [0.5, 0.6) is 0 Å². The second-order valence-electron chi connectivity index (χ2n) is 4.75. The van der Waals surface area contributed by atoms with E-state index < -0.39 is 5.60 Å². The van der Waals surface area contributed by atoms with Gasteiger partial charge in [0.1, 0.15) is 0 Å². The predicted molar refractivity (Wildman–Crippen MR) is 57.2 cm³/mol. The fraction of sp³-hybridized carbons (Fsp3) is 0.900. The molecule has 84 valence electrons. The highest BCUT2D eigenvalue weighted by atomic mass is 16.3. The summed E-state index contributed by atoms with van der Waals surface area (Å²) >= 11 is 0. The normalized spacial score (nSPS) is 11.6. The van der Waals surface area contributed by atoms with Crippen LogP contribution >= 0.6 is 0 Å². The summed E-state index contributed by atoms with van der Waals surface area (Å²) in [5.41, 5.74) is -0.843. The number of carbonyl (C=O) groups is 1. The van der Waals surface area contributed by atoms with E-state index >= 15 is 0 Å². The van der Waals surface area contributed by atoms with Gasteiger partial charge in [-0.25, -0.2) is 4.79 Å². The molecule has 2 N–H and O–H groups in total. The molecule has 0 aromatic rings. The van der Waals surface area contributed by atoms with E-state index in [2.05, 4.69) is 5.32 Å². The van der Waals surface area contributed by atoms with E-state index in [0.29, 0.717) is 19.0 Å². The zero-order chi connectivity index (χ0) is 11.4. The Balaban J connectivity index is 3.88. The topological polar surface area (TPSA) is 52.6 Å². The standard InChI is InChI=1S/C10H22N2O2/c1-8(2)6-11-9(13)12(5)7-10(3,4)14/h8,14H,6-7H2,1-5H3,(H,11,13). The highest BCUT2D eigenvalue weighted by Crippen LogP contribution is 2.03. The van der Waals surface area contributed by atoms with Crippen LogP contribution in [0.3, 0.4) is 0 Å². The number of rotatable bonds is 4. The number of hydrogen-bond acceptors (Lipinski definition) is 2. The third-order valence-electron chi connectivity index (χ3n) is 1.63. The first-order valence-corrected chi connectivity index (χ1v) is 4.93. The molecular weight excluding hydrogens is 180 g/mol. The van der Waals surface area contributed by atoms with E-state index in [0.717, 1.165) is 0 Å². The molecule has 0 saturated heterocycles. The monoisotopic (exact) mass is 202 g/mol. The Morgan fingerprint density at radius 2 is 2.00 bits per heavy atom. The smallest absolute Gasteiger partial charge is 0.317 e. The first kappa shape index (κ1) is 13.2. The Kier molecular flexibility index (Phi) is 4.91. The molecular formula is C10H22N2O2. The molecule has 0 bridgehead atoms. The number of hydrogen-bond donors (Lipinski definition) is 2. The third-order valence-corrected chi connectivity index (χ3v) is 1.63. The molecule has 0 spiro atoms. The van der Waals surface area contributed by atoms with Gasteiger partial charge in [-0.2, -0.15) is 0 Å². The van der Waals surface area contributed by atoms with E-state index in [1.54, 1.807) is 20.9 Å². The van der Waals surface area contributed by atoms with Gasteiger partial charge in [-0.1, -0.05) is 13.8 Å². The maximum Gasteiger partial charge on any atom is 0.317 e. The number of carbonyl (C=O) groups excluding carboxylic acids is 1. The van der Waals surface area contributed by atoms with Crippen molar-refractivity contribution in [1.82, 2.24) is 10.2 Å². The molecule has 0 aliphatic carbocycles. The maximum atomic E-state index is 11.4. The van der Waals surface area contributed by atoms with Crippen molar-refractivity contribution in [2.24, 2.45) is 5.92 Å². The lowest BCUT2D eigenvalue weighted by Gasteiger charge is -2.26. The molecule has 0 rings (SSSR count). The number of urea groups is 1. The SMILES string of the molecule is CC(C)CNC(=O)N(C)CC(C)(C)O. The van der Waals surface area contributed by atoms with Crippen molar-refractivity contribution in [1.29, 1.82) is 0 Å². The van der Waals surface area contributed by atoms with E-state index in [-0.39, 0.29) is 6.03 Å². The molecule has 4 heteroatoms. The van der Waals surface area contributed by atoms with Crippen molar-refractivity contribution in [3.63, 3.8) is 0 Å². The van der Waals surface area contributed by atoms with Gasteiger partial charge in [0.2, 0.25) is 0 Å². The quantitative estimate of drug-likeness (QED) is 0.716. The minimum absolute atomic E-state index is 0.138. The molecule has 0 atom stereocenters. The lowest BCUT2D eigenvalue weighted by atomic mass is 10.1. The van der Waals surface area contributed by atoms with Crippen LogP contribution in [-0.2, 0) is 0 Å². The minimum Gasteiger partial charge on any atom is -0.389 e. The van der Waals surface area contributed by atoms with Gasteiger partial charge < -0.3 is 15.3 Å². The summed E-state index contributed by atoms with van der Waals surface area (Å²) in [5, 5.41) is 12.3. The largest absolute Gasteiger partial charge is 0.389 e. The van der Waals surface area contributed by atoms with Crippen LogP contribution in [0.4, 0.5) is 4.79 Å². The van der Waals surface area contributed by atoms with Gasteiger partial charge in [0.05, 0.1) is 12.1 Å². The molecule has 0 aromatic carbocycles. The van der Waals surface area contributed by atoms with E-state index in [9.17, 15) is 9.90 Å². The average molecular weight is 202 g/mol. The summed E-state index contributed by atoms with van der Waals surface area (Å²) in [5.74, 6) is 0.439. The fourth-order valence-electron chi connectivity index (χ4n) is 1.08. The Hall–Kier alpha value is -0.770. The molecule has 0 unspecified atom stereocenters. The van der Waals surface area contributed by atoms with Gasteiger partial charge in [-0.15, -0.1) is 0 Å². The minimum atomic E-state index is -0.843. The van der Waals surface area contributed by atoms with Crippen molar-refractivity contribution in [2.75, 3.05) is 20.1 Å². The molecule has 0 saturated carbocycles. The summed E-state index contributed by atoms with van der Waals surface area (Å²) in [6, 6.07) is -0.138. The number of amides is 2. The molecule has 2 amide bonds. The third kappa shape index (κ3) is 6.71. The molecule has 0 radical (unpaired) electrons. The zero-order valence-electron chi connectivity index (χ0n) is 9.79. The first-order chi connectivity index (χ1) is 6.22. The van der Waals surface area contributed by atoms with Crippen molar-refractivity contribution < 1.29 is 9.90 Å². The van der Waals surface area contributed by atoms with Crippen LogP contribution in [0, 0.1) is 5.92 Å². The number of aliphatic hydroxyl groups is 1. The predicted octanol–water partition coefficient (Wildman–Crippen LogP) is 1.05. The van der Waals surface area contributed by atoms with Gasteiger partial charge in [0, 0.05) is 13.6 Å². The van der Waals surface area contributed by atoms with Crippen molar-refractivity contribution in [2.45, 2.75) is 33.3 Å². The zero-order valence-corrected chi connectivity index (χ0v) is 9.79. The first-order valence-electron chi connectivity index (χ1n) is 4.93. The Morgan fingerprint density at radius 1 is 1.50 bits per heavy atom. The lowest BCUT2D eigenvalue weighted by molar-refractivity contribution is 0.0531. The molecule has 0 aliphatic heterocycles. The Labute approximate surface area is 86.3 Å². The number of nitrogens with one attached hydrogen (secondary N) is 1. The van der Waals surface area contributed by atoms with E-state index in [1.165, 1.54) is 4.90 Å². The molecule has 0 heterocycles. The highest BCUT2D eigenvalue weighted by Gasteiger charge is 2.18. The summed E-state index contributed by atoms with van der Waals surface area (Å²) < 4.78 is 0. The number of likely N-dealkylation sites (N-methyl/N-ethyl adjacent to an activating group) is 1. The van der Waals surface area contributed by atoms with Crippen LogP contribution in [-0.4, -0.2) is 41.8 Å². The number of nitrogens with zero attached hydrogens (tertiary/aromatic N) is 1. The van der Waals surface area contributed by atoms with E-state index in [4.69, 9.17) is 0 Å². The van der Waals surface area contributed by atoms with E-state index in [1.807, 2.05) is 13.8 Å². The van der Waals surface area contributed by atoms with Gasteiger partial charge in [0.15, 0.2) is 0 Å². The van der Waals surface area contributed by atoms with Crippen molar-refractivity contribution in [3.8, 4) is 0 Å². The second-order valence-corrected chi connectivity index (χ2v) is 4.75. The molecule has 0 aromatic heterocycles. The van der Waals surface area contributed by atoms with Crippen LogP contribution < -0.4 is 5.32 Å². The Morgan fingerprint density at radius 3 is 2.36 bits per heavy atom. The van der Waals surface area contributed by atoms with Gasteiger partial charge in [0.25, 0.3) is 0 Å². The van der Waals surface area contributed by atoms with Crippen LogP contribution in [0.2, 0.25) is 0 Å². The summed E-state index contributed by atoms with van der Waals surface area (Å²) in [4.78, 5) is 12.9. The average Bonchev–Trinajstić information content (AvgIpc) is 1.96.